The van der Waals surface area contributed by atoms with E-state index in [9.17, 15) is 14.7 Å². The summed E-state index contributed by atoms with van der Waals surface area (Å²) in [6.07, 6.45) is -0.127. The number of hydrogen-bond acceptors (Lipinski definition) is 4. The van der Waals surface area contributed by atoms with Crippen LogP contribution in [0.1, 0.15) is 28.5 Å². The van der Waals surface area contributed by atoms with E-state index in [2.05, 4.69) is 10.3 Å². The van der Waals surface area contributed by atoms with Gasteiger partial charge in [-0.3, -0.25) is 14.6 Å². The van der Waals surface area contributed by atoms with Crippen molar-refractivity contribution in [3.8, 4) is 0 Å². The van der Waals surface area contributed by atoms with Crippen LogP contribution < -0.4 is 5.32 Å². The van der Waals surface area contributed by atoms with E-state index in [0.29, 0.717) is 22.5 Å². The van der Waals surface area contributed by atoms with Gasteiger partial charge in [-0.05, 0) is 32.0 Å². The van der Waals surface area contributed by atoms with Crippen LogP contribution in [0.4, 0.5) is 11.4 Å². The van der Waals surface area contributed by atoms with E-state index >= 15 is 0 Å². The summed E-state index contributed by atoms with van der Waals surface area (Å²) in [5.41, 5.74) is 4.14. The first-order chi connectivity index (χ1) is 12.0. The zero-order valence-electron chi connectivity index (χ0n) is 14.0. The molecule has 0 atom stereocenters. The van der Waals surface area contributed by atoms with Crippen LogP contribution in [0.5, 0.6) is 0 Å². The van der Waals surface area contributed by atoms with Crippen molar-refractivity contribution in [2.24, 2.45) is 0 Å². The second-order valence-electron chi connectivity index (χ2n) is 5.90. The summed E-state index contributed by atoms with van der Waals surface area (Å²) in [7, 11) is 0. The molecule has 0 aliphatic carbocycles. The summed E-state index contributed by atoms with van der Waals surface area (Å²) in [6.45, 7) is 3.32. The molecular weight excluding hydrogens is 316 g/mol. The highest BCUT2D eigenvalue weighted by molar-refractivity contribution is 5.98. The minimum absolute atomic E-state index is 0.0230. The number of hydrogen-bond donors (Lipinski definition) is 2. The van der Waals surface area contributed by atoms with Gasteiger partial charge in [0.2, 0.25) is 0 Å². The van der Waals surface area contributed by atoms with Gasteiger partial charge in [-0.1, -0.05) is 30.3 Å². The Bertz CT molecular complexity index is 980. The first kappa shape index (κ1) is 16.6. The molecule has 5 heteroatoms. The lowest BCUT2D eigenvalue weighted by molar-refractivity contribution is -0.136. The SMILES string of the molecule is CC(=O)c1cccc(Nc2c(CC(=O)O)c(C)nc3ccccc23)c1. The third-order valence-electron chi connectivity index (χ3n) is 4.07. The molecule has 2 N–H and O–H groups in total. The van der Waals surface area contributed by atoms with Crippen molar-refractivity contribution in [2.75, 3.05) is 5.32 Å². The summed E-state index contributed by atoms with van der Waals surface area (Å²) in [6, 6.07) is 14.7. The number of aliphatic carboxylic acids is 1. The van der Waals surface area contributed by atoms with Gasteiger partial charge < -0.3 is 10.4 Å². The van der Waals surface area contributed by atoms with Crippen LogP contribution >= 0.6 is 0 Å². The van der Waals surface area contributed by atoms with Gasteiger partial charge in [0.1, 0.15) is 0 Å². The number of aromatic nitrogens is 1. The molecular formula is C20H18N2O3. The zero-order chi connectivity index (χ0) is 18.0. The van der Waals surface area contributed by atoms with Crippen molar-refractivity contribution in [2.45, 2.75) is 20.3 Å². The van der Waals surface area contributed by atoms with Gasteiger partial charge in [-0.25, -0.2) is 0 Å². The van der Waals surface area contributed by atoms with Crippen molar-refractivity contribution in [1.29, 1.82) is 0 Å². The molecule has 2 aromatic carbocycles. The standard InChI is InChI=1S/C20H18N2O3/c1-12-17(11-19(24)25)20(16-8-3-4-9-18(16)21-12)22-15-7-5-6-14(10-15)13(2)23/h3-10H,11H2,1-2H3,(H,21,22)(H,24,25). The molecule has 0 amide bonds. The predicted molar refractivity (Wildman–Crippen MR) is 97.5 cm³/mol. The molecule has 25 heavy (non-hydrogen) atoms. The highest BCUT2D eigenvalue weighted by Crippen LogP contribution is 2.31. The minimum atomic E-state index is -0.916. The summed E-state index contributed by atoms with van der Waals surface area (Å²) in [5.74, 6) is -0.939. The number of benzene rings is 2. The second-order valence-corrected chi connectivity index (χ2v) is 5.90. The largest absolute Gasteiger partial charge is 0.481 e. The van der Waals surface area contributed by atoms with Crippen LogP contribution in [-0.4, -0.2) is 21.8 Å². The molecule has 0 aliphatic rings. The molecule has 0 fully saturated rings. The van der Waals surface area contributed by atoms with Crippen molar-refractivity contribution in [3.05, 3.63) is 65.4 Å². The molecule has 3 rings (SSSR count). The summed E-state index contributed by atoms with van der Waals surface area (Å²) in [4.78, 5) is 27.4. The fourth-order valence-corrected chi connectivity index (χ4v) is 2.84. The van der Waals surface area contributed by atoms with Crippen LogP contribution in [0.15, 0.2) is 48.5 Å². The van der Waals surface area contributed by atoms with Crippen molar-refractivity contribution < 1.29 is 14.7 Å². The Morgan fingerprint density at radius 3 is 2.60 bits per heavy atom. The number of fused-ring (bicyclic) bond motifs is 1. The molecule has 0 unspecified atom stereocenters. The van der Waals surface area contributed by atoms with Crippen LogP contribution in [0.3, 0.4) is 0 Å². The normalized spacial score (nSPS) is 10.6. The van der Waals surface area contributed by atoms with Crippen molar-refractivity contribution >= 4 is 34.0 Å². The quantitative estimate of drug-likeness (QED) is 0.686. The van der Waals surface area contributed by atoms with Crippen LogP contribution in [0.25, 0.3) is 10.9 Å². The maximum atomic E-state index is 11.6. The molecule has 0 saturated carbocycles. The van der Waals surface area contributed by atoms with Crippen LogP contribution in [-0.2, 0) is 11.2 Å². The average Bonchev–Trinajstić information content (AvgIpc) is 2.58. The van der Waals surface area contributed by atoms with E-state index in [-0.39, 0.29) is 12.2 Å². The lowest BCUT2D eigenvalue weighted by atomic mass is 10.0. The second kappa shape index (κ2) is 6.73. The number of anilines is 2. The van der Waals surface area contributed by atoms with Gasteiger partial charge >= 0.3 is 5.97 Å². The van der Waals surface area contributed by atoms with E-state index in [4.69, 9.17) is 0 Å². The fraction of sp³-hybridized carbons (Fsp3) is 0.150. The molecule has 0 spiro atoms. The van der Waals surface area contributed by atoms with Gasteiger partial charge in [0, 0.05) is 27.9 Å². The minimum Gasteiger partial charge on any atom is -0.481 e. The van der Waals surface area contributed by atoms with E-state index < -0.39 is 5.97 Å². The number of nitrogens with zero attached hydrogens (tertiary/aromatic N) is 1. The highest BCUT2D eigenvalue weighted by Gasteiger charge is 2.16. The monoisotopic (exact) mass is 334 g/mol. The Morgan fingerprint density at radius 2 is 1.88 bits per heavy atom. The third-order valence-corrected chi connectivity index (χ3v) is 4.07. The van der Waals surface area contributed by atoms with Gasteiger partial charge in [0.15, 0.2) is 5.78 Å². The lowest BCUT2D eigenvalue weighted by Crippen LogP contribution is -2.08. The van der Waals surface area contributed by atoms with Crippen molar-refractivity contribution in [1.82, 2.24) is 4.98 Å². The molecule has 1 heterocycles. The van der Waals surface area contributed by atoms with Crippen LogP contribution in [0, 0.1) is 6.92 Å². The molecule has 3 aromatic rings. The first-order valence-corrected chi connectivity index (χ1v) is 7.93. The third kappa shape index (κ3) is 3.50. The zero-order valence-corrected chi connectivity index (χ0v) is 14.0. The number of para-hydroxylation sites is 1. The summed E-state index contributed by atoms with van der Waals surface area (Å²) < 4.78 is 0. The maximum Gasteiger partial charge on any atom is 0.307 e. The molecule has 0 radical (unpaired) electrons. The Hall–Kier alpha value is -3.21. The molecule has 0 saturated heterocycles. The average molecular weight is 334 g/mol. The van der Waals surface area contributed by atoms with E-state index in [1.165, 1.54) is 6.92 Å². The number of rotatable bonds is 5. The number of ketones is 1. The number of nitrogens with one attached hydrogen (secondary N) is 1. The summed E-state index contributed by atoms with van der Waals surface area (Å²) in [5, 5.41) is 13.4. The Labute approximate surface area is 145 Å². The van der Waals surface area contributed by atoms with Gasteiger partial charge in [0.25, 0.3) is 0 Å². The van der Waals surface area contributed by atoms with Gasteiger partial charge in [-0.15, -0.1) is 0 Å². The number of aryl methyl sites for hydroxylation is 1. The van der Waals surface area contributed by atoms with Gasteiger partial charge in [-0.2, -0.15) is 0 Å². The van der Waals surface area contributed by atoms with E-state index in [1.807, 2.05) is 37.3 Å². The number of carbonyl (C=O) groups is 2. The maximum absolute atomic E-state index is 11.6. The number of Topliss-reactive ketones (excluding diaryl/α,β-unsaturated/α-hetero) is 1. The number of carboxylic acid groups (broad SMARTS) is 1. The predicted octanol–water partition coefficient (Wildman–Crippen LogP) is 4.12. The number of carboxylic acids is 1. The van der Waals surface area contributed by atoms with E-state index in [1.54, 1.807) is 18.2 Å². The topological polar surface area (TPSA) is 79.3 Å². The smallest absolute Gasteiger partial charge is 0.307 e. The van der Waals surface area contributed by atoms with E-state index in [0.717, 1.165) is 16.6 Å². The molecule has 126 valence electrons. The fourth-order valence-electron chi connectivity index (χ4n) is 2.84. The lowest BCUT2D eigenvalue weighted by Gasteiger charge is -2.16. The van der Waals surface area contributed by atoms with Crippen molar-refractivity contribution in [3.63, 3.8) is 0 Å². The van der Waals surface area contributed by atoms with Gasteiger partial charge in [0.05, 0.1) is 17.6 Å². The summed E-state index contributed by atoms with van der Waals surface area (Å²) >= 11 is 0. The molecule has 0 aliphatic heterocycles. The first-order valence-electron chi connectivity index (χ1n) is 7.93. The Balaban J connectivity index is 2.17. The molecule has 5 nitrogen and oxygen atoms in total. The Morgan fingerprint density at radius 1 is 1.12 bits per heavy atom. The van der Waals surface area contributed by atoms with Crippen LogP contribution in [0.2, 0.25) is 0 Å². The number of pyridine rings is 1. The molecule has 0 bridgehead atoms. The highest BCUT2D eigenvalue weighted by atomic mass is 16.4. The molecule has 1 aromatic heterocycles. The number of carbonyl (C=O) groups excluding carboxylic acids is 1. The Kier molecular flexibility index (Phi) is 4.48.